The standard InChI is InChI=1S/C42H34S2/c1-3-11-29(12-4-1)19-21-31-23-25-37-35-17-9-7-15-33(35)27-39(37)41(31)43-44-42-32(22-20-30-13-5-2-6-14-30)24-26-38-36-18-10-8-16-34(36)28-40(38)42/h1-18,23-26H,19-22,27-28H2. The number of aryl methyl sites for hydroxylation is 4. The summed E-state index contributed by atoms with van der Waals surface area (Å²) >= 11 is 0. The van der Waals surface area contributed by atoms with Crippen molar-refractivity contribution in [2.24, 2.45) is 0 Å². The fourth-order valence-corrected chi connectivity index (χ4v) is 10.0. The van der Waals surface area contributed by atoms with Crippen LogP contribution in [0.2, 0.25) is 0 Å². The van der Waals surface area contributed by atoms with E-state index in [9.17, 15) is 0 Å². The Kier molecular flexibility index (Phi) is 7.64. The second-order valence-electron chi connectivity index (χ2n) is 12.0. The summed E-state index contributed by atoms with van der Waals surface area (Å²) in [4.78, 5) is 2.95. The van der Waals surface area contributed by atoms with Crippen LogP contribution in [0.3, 0.4) is 0 Å². The molecule has 0 unspecified atom stereocenters. The molecule has 8 rings (SSSR count). The molecule has 0 amide bonds. The molecular weight excluding hydrogens is 569 g/mol. The van der Waals surface area contributed by atoms with Gasteiger partial charge in [-0.25, -0.2) is 0 Å². The molecule has 2 aliphatic rings. The van der Waals surface area contributed by atoms with Crippen molar-refractivity contribution in [2.45, 2.75) is 48.3 Å². The number of hydrogen-bond acceptors (Lipinski definition) is 2. The summed E-state index contributed by atoms with van der Waals surface area (Å²) in [5.74, 6) is 0. The first-order valence-corrected chi connectivity index (χ1v) is 17.9. The molecule has 0 fully saturated rings. The molecule has 0 aliphatic heterocycles. The number of benzene rings is 6. The lowest BCUT2D eigenvalue weighted by molar-refractivity contribution is 0.926. The van der Waals surface area contributed by atoms with E-state index >= 15 is 0 Å². The minimum atomic E-state index is 1.02. The van der Waals surface area contributed by atoms with Gasteiger partial charge in [-0.2, -0.15) is 0 Å². The molecular formula is C42H34S2. The minimum absolute atomic E-state index is 1.02. The van der Waals surface area contributed by atoms with Crippen molar-refractivity contribution in [3.05, 3.63) is 178 Å². The highest BCUT2D eigenvalue weighted by molar-refractivity contribution is 8.76. The molecule has 0 spiro atoms. The maximum Gasteiger partial charge on any atom is 0.0260 e. The first kappa shape index (κ1) is 27.6. The van der Waals surface area contributed by atoms with Crippen LogP contribution in [0.1, 0.15) is 44.5 Å². The molecule has 0 heterocycles. The fraction of sp³-hybridized carbons (Fsp3) is 0.143. The second-order valence-corrected chi connectivity index (χ2v) is 14.1. The molecule has 0 radical (unpaired) electrons. The van der Waals surface area contributed by atoms with Crippen molar-refractivity contribution in [1.29, 1.82) is 0 Å². The third-order valence-corrected chi connectivity index (χ3v) is 12.0. The highest BCUT2D eigenvalue weighted by atomic mass is 33.1. The molecule has 6 aromatic rings. The number of hydrogen-bond donors (Lipinski definition) is 0. The van der Waals surface area contributed by atoms with Crippen molar-refractivity contribution < 1.29 is 0 Å². The van der Waals surface area contributed by atoms with Gasteiger partial charge in [-0.05, 0) is 105 Å². The summed E-state index contributed by atoms with van der Waals surface area (Å²) in [6, 6.07) is 49.4. The van der Waals surface area contributed by atoms with E-state index in [4.69, 9.17) is 0 Å². The van der Waals surface area contributed by atoms with Crippen LogP contribution in [-0.2, 0) is 38.5 Å². The van der Waals surface area contributed by atoms with E-state index in [1.54, 1.807) is 0 Å². The molecule has 6 aromatic carbocycles. The largest absolute Gasteiger partial charge is 0.0622 e. The zero-order chi connectivity index (χ0) is 29.3. The van der Waals surface area contributed by atoms with Gasteiger partial charge in [0.15, 0.2) is 0 Å². The molecule has 0 nitrogen and oxygen atoms in total. The summed E-state index contributed by atoms with van der Waals surface area (Å²) in [7, 11) is 4.02. The van der Waals surface area contributed by atoms with Gasteiger partial charge in [0.1, 0.15) is 0 Å². The Morgan fingerprint density at radius 2 is 0.773 bits per heavy atom. The average molecular weight is 603 g/mol. The Labute approximate surface area is 269 Å². The van der Waals surface area contributed by atoms with Crippen molar-refractivity contribution in [3.63, 3.8) is 0 Å². The molecule has 0 atom stereocenters. The van der Waals surface area contributed by atoms with Gasteiger partial charge in [-0.15, -0.1) is 0 Å². The van der Waals surface area contributed by atoms with Crippen LogP contribution in [0, 0.1) is 0 Å². The minimum Gasteiger partial charge on any atom is -0.0622 e. The highest BCUT2D eigenvalue weighted by Gasteiger charge is 2.26. The third-order valence-electron chi connectivity index (χ3n) is 9.29. The molecule has 0 saturated carbocycles. The van der Waals surface area contributed by atoms with Gasteiger partial charge >= 0.3 is 0 Å². The van der Waals surface area contributed by atoms with Crippen LogP contribution in [0.5, 0.6) is 0 Å². The van der Waals surface area contributed by atoms with E-state index in [2.05, 4.69) is 133 Å². The maximum atomic E-state index is 2.41. The third kappa shape index (κ3) is 5.31. The number of fused-ring (bicyclic) bond motifs is 6. The van der Waals surface area contributed by atoms with Gasteiger partial charge in [0.25, 0.3) is 0 Å². The lowest BCUT2D eigenvalue weighted by atomic mass is 9.99. The zero-order valence-electron chi connectivity index (χ0n) is 24.8. The predicted molar refractivity (Wildman–Crippen MR) is 189 cm³/mol. The normalized spacial score (nSPS) is 12.5. The monoisotopic (exact) mass is 602 g/mol. The predicted octanol–water partition coefficient (Wildman–Crippen LogP) is 11.2. The van der Waals surface area contributed by atoms with E-state index in [1.807, 2.05) is 21.6 Å². The van der Waals surface area contributed by atoms with E-state index in [0.29, 0.717) is 0 Å². The van der Waals surface area contributed by atoms with E-state index in [-0.39, 0.29) is 0 Å². The first-order chi connectivity index (χ1) is 21.8. The summed E-state index contributed by atoms with van der Waals surface area (Å²) < 4.78 is 0. The van der Waals surface area contributed by atoms with E-state index in [1.165, 1.54) is 76.6 Å². The summed E-state index contributed by atoms with van der Waals surface area (Å²) in [6.07, 6.45) is 6.26. The van der Waals surface area contributed by atoms with Gasteiger partial charge < -0.3 is 0 Å². The molecule has 2 heteroatoms. The van der Waals surface area contributed by atoms with Crippen molar-refractivity contribution >= 4 is 21.6 Å². The number of rotatable bonds is 9. The quantitative estimate of drug-likeness (QED) is 0.151. The second kappa shape index (κ2) is 12.2. The van der Waals surface area contributed by atoms with Crippen LogP contribution in [0.4, 0.5) is 0 Å². The summed E-state index contributed by atoms with van der Waals surface area (Å²) in [5, 5.41) is 0. The molecule has 0 bridgehead atoms. The van der Waals surface area contributed by atoms with Crippen LogP contribution in [-0.4, -0.2) is 0 Å². The van der Waals surface area contributed by atoms with Crippen LogP contribution < -0.4 is 0 Å². The summed E-state index contributed by atoms with van der Waals surface area (Å²) in [5.41, 5.74) is 17.3. The van der Waals surface area contributed by atoms with Crippen molar-refractivity contribution in [3.8, 4) is 22.3 Å². The lowest BCUT2D eigenvalue weighted by Gasteiger charge is -2.18. The van der Waals surface area contributed by atoms with Gasteiger partial charge in [0.05, 0.1) is 0 Å². The van der Waals surface area contributed by atoms with Crippen molar-refractivity contribution in [1.82, 2.24) is 0 Å². The lowest BCUT2D eigenvalue weighted by Crippen LogP contribution is -1.99. The van der Waals surface area contributed by atoms with Gasteiger partial charge in [0, 0.05) is 9.79 Å². The maximum absolute atomic E-state index is 2.41. The van der Waals surface area contributed by atoms with Crippen LogP contribution in [0.25, 0.3) is 22.3 Å². The van der Waals surface area contributed by atoms with Gasteiger partial charge in [0.2, 0.25) is 0 Å². The Bertz CT molecular complexity index is 1810. The van der Waals surface area contributed by atoms with Crippen molar-refractivity contribution in [2.75, 3.05) is 0 Å². The molecule has 0 N–H and O–H groups in total. The molecule has 0 aromatic heterocycles. The smallest absolute Gasteiger partial charge is 0.0260 e. The van der Waals surface area contributed by atoms with E-state index in [0.717, 1.165) is 38.5 Å². The topological polar surface area (TPSA) is 0 Å². The molecule has 214 valence electrons. The Morgan fingerprint density at radius 1 is 0.364 bits per heavy atom. The first-order valence-electron chi connectivity index (χ1n) is 15.7. The van der Waals surface area contributed by atoms with Gasteiger partial charge in [-0.3, -0.25) is 0 Å². The summed E-state index contributed by atoms with van der Waals surface area (Å²) in [6.45, 7) is 0. The van der Waals surface area contributed by atoms with Crippen LogP contribution in [0.15, 0.2) is 143 Å². The SMILES string of the molecule is c1ccc(CCc2ccc3c(c2SSc2c(CCc4ccccc4)ccc4c2Cc2ccccc2-4)Cc2ccccc2-3)cc1. The molecule has 2 aliphatic carbocycles. The van der Waals surface area contributed by atoms with Gasteiger partial charge in [-0.1, -0.05) is 155 Å². The zero-order valence-corrected chi connectivity index (χ0v) is 26.4. The highest BCUT2D eigenvalue weighted by Crippen LogP contribution is 2.52. The van der Waals surface area contributed by atoms with Crippen LogP contribution >= 0.6 is 21.6 Å². The Hall–Kier alpha value is -3.98. The average Bonchev–Trinajstić information content (AvgIpc) is 3.65. The molecule has 44 heavy (non-hydrogen) atoms. The Balaban J connectivity index is 1.16. The Morgan fingerprint density at radius 3 is 1.23 bits per heavy atom. The fourth-order valence-electron chi connectivity index (χ4n) is 7.00. The molecule has 0 saturated heterocycles. The van der Waals surface area contributed by atoms with E-state index < -0.39 is 0 Å².